The van der Waals surface area contributed by atoms with E-state index in [-0.39, 0.29) is 0 Å². The SMILES string of the molecule is O=Cc1ccc(-c2cn(-c3ccccc3)c(=S)[nH]2)cc1. The summed E-state index contributed by atoms with van der Waals surface area (Å²) < 4.78 is 2.57. The zero-order valence-electron chi connectivity index (χ0n) is 10.6. The molecule has 1 N–H and O–H groups in total. The molecule has 0 saturated heterocycles. The lowest BCUT2D eigenvalue weighted by Crippen LogP contribution is -1.90. The molecule has 2 aromatic carbocycles. The molecule has 1 heterocycles. The van der Waals surface area contributed by atoms with Gasteiger partial charge in [-0.15, -0.1) is 0 Å². The lowest BCUT2D eigenvalue weighted by molar-refractivity contribution is 0.112. The number of aldehydes is 1. The van der Waals surface area contributed by atoms with Gasteiger partial charge in [0.05, 0.1) is 5.69 Å². The van der Waals surface area contributed by atoms with Crippen LogP contribution in [0.4, 0.5) is 0 Å². The Kier molecular flexibility index (Phi) is 3.31. The van der Waals surface area contributed by atoms with Gasteiger partial charge in [-0.2, -0.15) is 0 Å². The molecule has 0 aliphatic heterocycles. The van der Waals surface area contributed by atoms with Crippen LogP contribution < -0.4 is 0 Å². The van der Waals surface area contributed by atoms with Gasteiger partial charge in [-0.3, -0.25) is 9.36 Å². The quantitative estimate of drug-likeness (QED) is 0.581. The fourth-order valence-electron chi connectivity index (χ4n) is 2.06. The monoisotopic (exact) mass is 280 g/mol. The maximum Gasteiger partial charge on any atom is 0.182 e. The predicted octanol–water partition coefficient (Wildman–Crippen LogP) is 4.01. The molecule has 0 saturated carbocycles. The number of nitrogens with one attached hydrogen (secondary N) is 1. The number of hydrogen-bond acceptors (Lipinski definition) is 2. The van der Waals surface area contributed by atoms with E-state index in [1.165, 1.54) is 0 Å². The topological polar surface area (TPSA) is 37.8 Å². The normalized spacial score (nSPS) is 10.4. The smallest absolute Gasteiger partial charge is 0.182 e. The molecule has 4 heteroatoms. The number of nitrogens with zero attached hydrogens (tertiary/aromatic N) is 1. The second-order valence-corrected chi connectivity index (χ2v) is 4.81. The van der Waals surface area contributed by atoms with Crippen molar-refractivity contribution in [3.63, 3.8) is 0 Å². The highest BCUT2D eigenvalue weighted by molar-refractivity contribution is 7.71. The van der Waals surface area contributed by atoms with Crippen molar-refractivity contribution < 1.29 is 4.79 Å². The first kappa shape index (κ1) is 12.6. The zero-order chi connectivity index (χ0) is 13.9. The highest BCUT2D eigenvalue weighted by Gasteiger charge is 2.04. The van der Waals surface area contributed by atoms with Gasteiger partial charge < -0.3 is 4.98 Å². The summed E-state index contributed by atoms with van der Waals surface area (Å²) in [6.07, 6.45) is 2.80. The van der Waals surface area contributed by atoms with E-state index < -0.39 is 0 Å². The van der Waals surface area contributed by atoms with Crippen molar-refractivity contribution in [3.8, 4) is 16.9 Å². The molecule has 98 valence electrons. The standard InChI is InChI=1S/C16H12N2OS/c19-11-12-6-8-13(9-7-12)15-10-18(16(20)17-15)14-4-2-1-3-5-14/h1-11H,(H,17,20). The first-order valence-electron chi connectivity index (χ1n) is 6.20. The Balaban J connectivity index is 2.04. The molecule has 3 aromatic rings. The third kappa shape index (κ3) is 2.33. The van der Waals surface area contributed by atoms with Crippen molar-refractivity contribution in [1.82, 2.24) is 9.55 Å². The highest BCUT2D eigenvalue weighted by atomic mass is 32.1. The molecule has 1 aromatic heterocycles. The van der Waals surface area contributed by atoms with Gasteiger partial charge in [0.1, 0.15) is 6.29 Å². The zero-order valence-corrected chi connectivity index (χ0v) is 11.4. The summed E-state index contributed by atoms with van der Waals surface area (Å²) in [5, 5.41) is 0. The number of carbonyl (C=O) groups excluding carboxylic acids is 1. The van der Waals surface area contributed by atoms with Gasteiger partial charge in [-0.1, -0.05) is 42.5 Å². The highest BCUT2D eigenvalue weighted by Crippen LogP contribution is 2.20. The van der Waals surface area contributed by atoms with Crippen LogP contribution in [0.1, 0.15) is 10.4 Å². The molecule has 0 atom stereocenters. The van der Waals surface area contributed by atoms with Crippen molar-refractivity contribution in [2.24, 2.45) is 0 Å². The van der Waals surface area contributed by atoms with E-state index in [0.717, 1.165) is 23.2 Å². The molecule has 0 aliphatic carbocycles. The molecular formula is C16H12N2OS. The fraction of sp³-hybridized carbons (Fsp3) is 0. The molecule has 0 spiro atoms. The number of aromatic nitrogens is 2. The minimum Gasteiger partial charge on any atom is -0.330 e. The van der Waals surface area contributed by atoms with Crippen molar-refractivity contribution in [1.29, 1.82) is 0 Å². The molecule has 0 bridgehead atoms. The van der Waals surface area contributed by atoms with E-state index >= 15 is 0 Å². The van der Waals surface area contributed by atoms with E-state index in [2.05, 4.69) is 4.98 Å². The van der Waals surface area contributed by atoms with Crippen LogP contribution in [0.25, 0.3) is 16.9 Å². The maximum atomic E-state index is 10.7. The summed E-state index contributed by atoms with van der Waals surface area (Å²) in [5.74, 6) is 0. The maximum absolute atomic E-state index is 10.7. The Labute approximate surface area is 121 Å². The van der Waals surface area contributed by atoms with Gasteiger partial charge in [-0.25, -0.2) is 0 Å². The van der Waals surface area contributed by atoms with Crippen LogP contribution in [0, 0.1) is 4.77 Å². The summed E-state index contributed by atoms with van der Waals surface area (Å²) in [6.45, 7) is 0. The van der Waals surface area contributed by atoms with Crippen LogP contribution in [0.15, 0.2) is 60.8 Å². The van der Waals surface area contributed by atoms with E-state index in [1.807, 2.05) is 53.2 Å². The summed E-state index contributed by atoms with van der Waals surface area (Å²) in [6, 6.07) is 17.3. The second-order valence-electron chi connectivity index (χ2n) is 4.42. The van der Waals surface area contributed by atoms with E-state index in [9.17, 15) is 4.79 Å². The number of H-pyrrole nitrogens is 1. The van der Waals surface area contributed by atoms with Crippen LogP contribution >= 0.6 is 12.2 Å². The van der Waals surface area contributed by atoms with Gasteiger partial charge >= 0.3 is 0 Å². The van der Waals surface area contributed by atoms with Gasteiger partial charge in [0, 0.05) is 17.4 Å². The Morgan fingerprint density at radius 3 is 2.35 bits per heavy atom. The summed E-state index contributed by atoms with van der Waals surface area (Å²) in [7, 11) is 0. The predicted molar refractivity (Wildman–Crippen MR) is 81.8 cm³/mol. The lowest BCUT2D eigenvalue weighted by Gasteiger charge is -2.00. The molecule has 20 heavy (non-hydrogen) atoms. The second kappa shape index (κ2) is 5.27. The summed E-state index contributed by atoms with van der Waals surface area (Å²) >= 11 is 5.35. The molecule has 3 nitrogen and oxygen atoms in total. The molecule has 0 amide bonds. The first-order valence-corrected chi connectivity index (χ1v) is 6.61. The largest absolute Gasteiger partial charge is 0.330 e. The summed E-state index contributed by atoms with van der Waals surface area (Å²) in [4.78, 5) is 13.9. The van der Waals surface area contributed by atoms with Gasteiger partial charge in [0.15, 0.2) is 4.77 Å². The average molecular weight is 280 g/mol. The molecular weight excluding hydrogens is 268 g/mol. The Hall–Kier alpha value is -2.46. The van der Waals surface area contributed by atoms with Crippen LogP contribution in [0.3, 0.4) is 0 Å². The molecule has 0 fully saturated rings. The van der Waals surface area contributed by atoms with Gasteiger partial charge in [0.25, 0.3) is 0 Å². The van der Waals surface area contributed by atoms with Crippen LogP contribution in [0.2, 0.25) is 0 Å². The first-order chi connectivity index (χ1) is 9.78. The van der Waals surface area contributed by atoms with Gasteiger partial charge in [-0.05, 0) is 29.9 Å². The Bertz CT molecular complexity index is 785. The molecule has 0 unspecified atom stereocenters. The van der Waals surface area contributed by atoms with Gasteiger partial charge in [0.2, 0.25) is 0 Å². The Morgan fingerprint density at radius 1 is 1.00 bits per heavy atom. The van der Waals surface area contributed by atoms with Crippen molar-refractivity contribution in [2.45, 2.75) is 0 Å². The number of para-hydroxylation sites is 1. The minimum atomic E-state index is 0.644. The number of hydrogen-bond donors (Lipinski definition) is 1. The third-order valence-electron chi connectivity index (χ3n) is 3.11. The van der Waals surface area contributed by atoms with Crippen molar-refractivity contribution >= 4 is 18.5 Å². The number of benzene rings is 2. The number of carbonyl (C=O) groups is 1. The van der Waals surface area contributed by atoms with E-state index in [4.69, 9.17) is 12.2 Å². The molecule has 0 radical (unpaired) electrons. The lowest BCUT2D eigenvalue weighted by atomic mass is 10.1. The minimum absolute atomic E-state index is 0.644. The molecule has 3 rings (SSSR count). The van der Waals surface area contributed by atoms with Crippen molar-refractivity contribution in [3.05, 3.63) is 71.1 Å². The van der Waals surface area contributed by atoms with Crippen LogP contribution in [-0.4, -0.2) is 15.8 Å². The number of aromatic amines is 1. The van der Waals surface area contributed by atoms with E-state index in [1.54, 1.807) is 12.1 Å². The van der Waals surface area contributed by atoms with Crippen LogP contribution in [0.5, 0.6) is 0 Å². The Morgan fingerprint density at radius 2 is 1.70 bits per heavy atom. The summed E-state index contributed by atoms with van der Waals surface area (Å²) in [5.41, 5.74) is 3.60. The molecule has 0 aliphatic rings. The third-order valence-corrected chi connectivity index (χ3v) is 3.41. The van der Waals surface area contributed by atoms with Crippen LogP contribution in [-0.2, 0) is 0 Å². The van der Waals surface area contributed by atoms with E-state index in [0.29, 0.717) is 10.3 Å². The number of imidazole rings is 1. The number of rotatable bonds is 3. The van der Waals surface area contributed by atoms with Crippen molar-refractivity contribution in [2.75, 3.05) is 0 Å². The fourth-order valence-corrected chi connectivity index (χ4v) is 2.33. The average Bonchev–Trinajstić information content (AvgIpc) is 2.90.